The summed E-state index contributed by atoms with van der Waals surface area (Å²) < 4.78 is 22.5. The molecule has 100 valence electrons. The highest BCUT2D eigenvalue weighted by atomic mass is 32.2. The summed E-state index contributed by atoms with van der Waals surface area (Å²) in [7, 11) is -3.67. The van der Waals surface area contributed by atoms with Crippen LogP contribution in [0.4, 0.5) is 11.4 Å². The summed E-state index contributed by atoms with van der Waals surface area (Å²) in [4.78, 5) is 0.0885. The van der Waals surface area contributed by atoms with Crippen molar-refractivity contribution in [1.82, 2.24) is 0 Å². The van der Waals surface area contributed by atoms with Crippen LogP contribution in [-0.2, 0) is 10.0 Å². The van der Waals surface area contributed by atoms with Gasteiger partial charge in [0.05, 0.1) is 16.3 Å². The Morgan fingerprint density at radius 1 is 1.28 bits per heavy atom. The maximum atomic E-state index is 11.3. The summed E-state index contributed by atoms with van der Waals surface area (Å²) in [5, 5.41) is 8.32. The Morgan fingerprint density at radius 3 is 2.56 bits per heavy atom. The van der Waals surface area contributed by atoms with Crippen molar-refractivity contribution in [2.24, 2.45) is 11.1 Å². The van der Waals surface area contributed by atoms with Crippen LogP contribution in [0.3, 0.4) is 0 Å². The zero-order chi connectivity index (χ0) is 13.2. The van der Waals surface area contributed by atoms with E-state index in [1.54, 1.807) is 6.07 Å². The molecule has 18 heavy (non-hydrogen) atoms. The Labute approximate surface area is 108 Å². The molecule has 0 spiro atoms. The fraction of sp³-hybridized carbons (Fsp3) is 0.500. The molecule has 1 aromatic rings. The first-order valence-electron chi connectivity index (χ1n) is 6.13. The Morgan fingerprint density at radius 2 is 1.94 bits per heavy atom. The highest BCUT2D eigenvalue weighted by Crippen LogP contribution is 2.27. The molecular weight excluding hydrogens is 250 g/mol. The second-order valence-electron chi connectivity index (χ2n) is 4.83. The van der Waals surface area contributed by atoms with Gasteiger partial charge in [0, 0.05) is 6.54 Å². The largest absolute Gasteiger partial charge is 0.397 e. The van der Waals surface area contributed by atoms with E-state index >= 15 is 0 Å². The van der Waals surface area contributed by atoms with Crippen molar-refractivity contribution in [1.29, 1.82) is 0 Å². The van der Waals surface area contributed by atoms with Crippen LogP contribution in [0.1, 0.15) is 25.7 Å². The van der Waals surface area contributed by atoms with Crippen molar-refractivity contribution >= 4 is 21.4 Å². The predicted octanol–water partition coefficient (Wildman–Crippen LogP) is 1.52. The van der Waals surface area contributed by atoms with Crippen molar-refractivity contribution in [3.05, 3.63) is 18.2 Å². The van der Waals surface area contributed by atoms with Gasteiger partial charge in [0.2, 0.25) is 10.0 Å². The molecule has 5 nitrogen and oxygen atoms in total. The SMILES string of the molecule is Nc1ccc(S(N)(=O)=O)cc1NCC1CCCC1. The van der Waals surface area contributed by atoms with E-state index in [1.807, 2.05) is 0 Å². The second kappa shape index (κ2) is 5.16. The highest BCUT2D eigenvalue weighted by Gasteiger charge is 2.15. The molecule has 0 amide bonds. The fourth-order valence-electron chi connectivity index (χ4n) is 2.33. The zero-order valence-electron chi connectivity index (χ0n) is 10.2. The van der Waals surface area contributed by atoms with Crippen molar-refractivity contribution in [2.75, 3.05) is 17.6 Å². The van der Waals surface area contributed by atoms with Crippen LogP contribution in [0.15, 0.2) is 23.1 Å². The molecule has 1 saturated carbocycles. The van der Waals surface area contributed by atoms with Gasteiger partial charge in [-0.1, -0.05) is 12.8 Å². The molecule has 0 saturated heterocycles. The zero-order valence-corrected chi connectivity index (χ0v) is 11.0. The van der Waals surface area contributed by atoms with E-state index in [1.165, 1.54) is 37.8 Å². The minimum Gasteiger partial charge on any atom is -0.397 e. The third kappa shape index (κ3) is 3.14. The smallest absolute Gasteiger partial charge is 0.238 e. The van der Waals surface area contributed by atoms with Crippen LogP contribution in [-0.4, -0.2) is 15.0 Å². The second-order valence-corrected chi connectivity index (χ2v) is 6.39. The van der Waals surface area contributed by atoms with E-state index in [0.717, 1.165) is 6.54 Å². The molecule has 1 aromatic carbocycles. The maximum Gasteiger partial charge on any atom is 0.238 e. The quantitative estimate of drug-likeness (QED) is 0.722. The standard InChI is InChI=1S/C12H19N3O2S/c13-11-6-5-10(18(14,16)17)7-12(11)15-8-9-3-1-2-4-9/h5-7,9,15H,1-4,8,13H2,(H2,14,16,17). The first kappa shape index (κ1) is 13.2. The molecule has 5 N–H and O–H groups in total. The topological polar surface area (TPSA) is 98.2 Å². The van der Waals surface area contributed by atoms with Crippen molar-refractivity contribution < 1.29 is 8.42 Å². The number of nitrogens with one attached hydrogen (secondary N) is 1. The van der Waals surface area contributed by atoms with Crippen molar-refractivity contribution in [3.63, 3.8) is 0 Å². The lowest BCUT2D eigenvalue weighted by Crippen LogP contribution is -2.15. The summed E-state index contributed by atoms with van der Waals surface area (Å²) in [6, 6.07) is 4.49. The molecule has 2 rings (SSSR count). The molecule has 1 aliphatic rings. The summed E-state index contributed by atoms with van der Waals surface area (Å²) in [6.07, 6.45) is 5.00. The predicted molar refractivity (Wildman–Crippen MR) is 72.7 cm³/mol. The van der Waals surface area contributed by atoms with Gasteiger partial charge in [0.25, 0.3) is 0 Å². The molecule has 1 aliphatic carbocycles. The summed E-state index contributed by atoms with van der Waals surface area (Å²) in [5.74, 6) is 0.655. The lowest BCUT2D eigenvalue weighted by atomic mass is 10.1. The lowest BCUT2D eigenvalue weighted by molar-refractivity contribution is 0.580. The van der Waals surface area contributed by atoms with Gasteiger partial charge in [-0.3, -0.25) is 0 Å². The fourth-order valence-corrected chi connectivity index (χ4v) is 2.87. The average Bonchev–Trinajstić information content (AvgIpc) is 2.79. The average molecular weight is 269 g/mol. The van der Waals surface area contributed by atoms with E-state index in [9.17, 15) is 8.42 Å². The number of hydrogen-bond acceptors (Lipinski definition) is 4. The van der Waals surface area contributed by atoms with Gasteiger partial charge < -0.3 is 11.1 Å². The molecule has 6 heteroatoms. The first-order valence-corrected chi connectivity index (χ1v) is 7.67. The summed E-state index contributed by atoms with van der Waals surface area (Å²) in [5.41, 5.74) is 7.01. The van der Waals surface area contributed by atoms with E-state index in [-0.39, 0.29) is 4.90 Å². The Bertz CT molecular complexity index is 522. The molecule has 1 fully saturated rings. The number of benzene rings is 1. The number of primary sulfonamides is 1. The number of nitrogen functional groups attached to an aromatic ring is 1. The summed E-state index contributed by atoms with van der Waals surface area (Å²) >= 11 is 0. The van der Waals surface area contributed by atoms with Crippen LogP contribution < -0.4 is 16.2 Å². The van der Waals surface area contributed by atoms with E-state index in [2.05, 4.69) is 5.32 Å². The lowest BCUT2D eigenvalue weighted by Gasteiger charge is -2.14. The first-order chi connectivity index (χ1) is 8.47. The molecule has 0 radical (unpaired) electrons. The molecular formula is C12H19N3O2S. The third-order valence-electron chi connectivity index (χ3n) is 3.41. The molecule has 0 aromatic heterocycles. The van der Waals surface area contributed by atoms with Gasteiger partial charge in [-0.2, -0.15) is 0 Å². The van der Waals surface area contributed by atoms with Crippen LogP contribution in [0.2, 0.25) is 0 Å². The minimum absolute atomic E-state index is 0.0885. The minimum atomic E-state index is -3.67. The monoisotopic (exact) mass is 269 g/mol. The van der Waals surface area contributed by atoms with Gasteiger partial charge in [-0.05, 0) is 37.0 Å². The molecule has 0 aliphatic heterocycles. The van der Waals surface area contributed by atoms with Crippen LogP contribution in [0, 0.1) is 5.92 Å². The molecule has 0 unspecified atom stereocenters. The Hall–Kier alpha value is -1.27. The van der Waals surface area contributed by atoms with Gasteiger partial charge in [-0.25, -0.2) is 13.6 Å². The molecule has 0 heterocycles. The van der Waals surface area contributed by atoms with E-state index < -0.39 is 10.0 Å². The summed E-state index contributed by atoms with van der Waals surface area (Å²) in [6.45, 7) is 0.832. The van der Waals surface area contributed by atoms with E-state index in [0.29, 0.717) is 17.3 Å². The third-order valence-corrected chi connectivity index (χ3v) is 4.32. The number of hydrogen-bond donors (Lipinski definition) is 3. The normalized spacial score (nSPS) is 16.9. The van der Waals surface area contributed by atoms with E-state index in [4.69, 9.17) is 10.9 Å². The Kier molecular flexibility index (Phi) is 3.77. The number of anilines is 2. The maximum absolute atomic E-state index is 11.3. The van der Waals surface area contributed by atoms with Crippen molar-refractivity contribution in [3.8, 4) is 0 Å². The van der Waals surface area contributed by atoms with Crippen LogP contribution in [0.25, 0.3) is 0 Å². The van der Waals surface area contributed by atoms with Gasteiger partial charge in [0.1, 0.15) is 0 Å². The molecule has 0 atom stereocenters. The highest BCUT2D eigenvalue weighted by molar-refractivity contribution is 7.89. The van der Waals surface area contributed by atoms with Gasteiger partial charge >= 0.3 is 0 Å². The number of sulfonamides is 1. The Balaban J connectivity index is 2.11. The number of rotatable bonds is 4. The molecule has 0 bridgehead atoms. The van der Waals surface area contributed by atoms with Crippen molar-refractivity contribution in [2.45, 2.75) is 30.6 Å². The number of nitrogens with two attached hydrogens (primary N) is 2. The van der Waals surface area contributed by atoms with Gasteiger partial charge in [-0.15, -0.1) is 0 Å². The van der Waals surface area contributed by atoms with Gasteiger partial charge in [0.15, 0.2) is 0 Å². The van der Waals surface area contributed by atoms with Crippen LogP contribution in [0.5, 0.6) is 0 Å². The van der Waals surface area contributed by atoms with Crippen LogP contribution >= 0.6 is 0 Å².